The van der Waals surface area contributed by atoms with E-state index in [1.54, 1.807) is 0 Å². The lowest BCUT2D eigenvalue weighted by Gasteiger charge is -2.26. The van der Waals surface area contributed by atoms with Gasteiger partial charge >= 0.3 is 0 Å². The number of rotatable bonds is 5. The molecule has 9 rings (SSSR count). The minimum Gasteiger partial charge on any atom is -0.310 e. The van der Waals surface area contributed by atoms with E-state index < -0.39 is 0 Å². The Morgan fingerprint density at radius 1 is 0.422 bits per heavy atom. The van der Waals surface area contributed by atoms with Crippen LogP contribution < -0.4 is 4.90 Å². The largest absolute Gasteiger partial charge is 0.310 e. The summed E-state index contributed by atoms with van der Waals surface area (Å²) in [6.07, 6.45) is 0. The van der Waals surface area contributed by atoms with Gasteiger partial charge in [0, 0.05) is 53.7 Å². The summed E-state index contributed by atoms with van der Waals surface area (Å²) in [7, 11) is 0. The number of thiophene rings is 1. The summed E-state index contributed by atoms with van der Waals surface area (Å²) >= 11 is 1.86. The molecule has 0 unspecified atom stereocenters. The Morgan fingerprint density at radius 3 is 1.91 bits per heavy atom. The molecule has 0 spiro atoms. The van der Waals surface area contributed by atoms with Crippen molar-refractivity contribution in [3.05, 3.63) is 170 Å². The molecule has 7 aromatic carbocycles. The number of fused-ring (bicyclic) bond motifs is 6. The highest BCUT2D eigenvalue weighted by molar-refractivity contribution is 7.25. The number of aromatic nitrogens is 1. The van der Waals surface area contributed by atoms with Crippen LogP contribution in [0.2, 0.25) is 0 Å². The van der Waals surface area contributed by atoms with Crippen molar-refractivity contribution in [2.45, 2.75) is 0 Å². The van der Waals surface area contributed by atoms with Crippen molar-refractivity contribution in [3.8, 4) is 16.8 Å². The third-order valence-corrected chi connectivity index (χ3v) is 9.92. The number of nitrogens with zero attached hydrogens (tertiary/aromatic N) is 2. The fraction of sp³-hybridized carbons (Fsp3) is 0. The summed E-state index contributed by atoms with van der Waals surface area (Å²) in [6, 6.07) is 61.4. The summed E-state index contributed by atoms with van der Waals surface area (Å²) in [5.74, 6) is 0. The van der Waals surface area contributed by atoms with Gasteiger partial charge < -0.3 is 9.47 Å². The molecule has 2 aromatic heterocycles. The van der Waals surface area contributed by atoms with E-state index in [9.17, 15) is 0 Å². The molecule has 2 heterocycles. The maximum absolute atomic E-state index is 2.42. The second-order valence-electron chi connectivity index (χ2n) is 11.4. The minimum absolute atomic E-state index is 1.12. The lowest BCUT2D eigenvalue weighted by atomic mass is 9.99. The Hall–Kier alpha value is -5.64. The average Bonchev–Trinajstić information content (AvgIpc) is 3.65. The summed E-state index contributed by atoms with van der Waals surface area (Å²) in [4.78, 5) is 2.39. The molecule has 0 radical (unpaired) electrons. The van der Waals surface area contributed by atoms with Gasteiger partial charge in [-0.15, -0.1) is 11.3 Å². The van der Waals surface area contributed by atoms with Crippen LogP contribution in [-0.4, -0.2) is 4.57 Å². The fourth-order valence-corrected chi connectivity index (χ4v) is 7.87. The van der Waals surface area contributed by atoms with Crippen molar-refractivity contribution in [2.75, 3.05) is 4.90 Å². The Bertz CT molecular complexity index is 2470. The SMILES string of the molecule is c1ccc(-c2cccc3c2c2ccc(N(c4ccccc4)c4ccc5sc6ccccc6c5c4)cc2n3-c2ccccc2)cc1. The van der Waals surface area contributed by atoms with Crippen LogP contribution in [0, 0.1) is 0 Å². The van der Waals surface area contributed by atoms with E-state index in [1.165, 1.54) is 53.1 Å². The van der Waals surface area contributed by atoms with E-state index in [0.717, 1.165) is 22.7 Å². The van der Waals surface area contributed by atoms with E-state index in [0.29, 0.717) is 0 Å². The molecule has 0 aliphatic carbocycles. The van der Waals surface area contributed by atoms with Crippen LogP contribution >= 0.6 is 11.3 Å². The van der Waals surface area contributed by atoms with Gasteiger partial charge in [-0.25, -0.2) is 0 Å². The zero-order valence-corrected chi connectivity index (χ0v) is 25.3. The normalized spacial score (nSPS) is 11.6. The van der Waals surface area contributed by atoms with E-state index in [-0.39, 0.29) is 0 Å². The summed E-state index contributed by atoms with van der Waals surface area (Å²) in [6.45, 7) is 0. The molecule has 9 aromatic rings. The molecule has 45 heavy (non-hydrogen) atoms. The molecule has 0 saturated heterocycles. The van der Waals surface area contributed by atoms with E-state index >= 15 is 0 Å². The van der Waals surface area contributed by atoms with Gasteiger partial charge in [0.15, 0.2) is 0 Å². The molecule has 2 nitrogen and oxygen atoms in total. The molecule has 3 heteroatoms. The van der Waals surface area contributed by atoms with Crippen molar-refractivity contribution in [1.29, 1.82) is 0 Å². The molecule has 212 valence electrons. The summed E-state index contributed by atoms with van der Waals surface area (Å²) < 4.78 is 5.04. The maximum atomic E-state index is 2.42. The molecule has 0 aliphatic heterocycles. The van der Waals surface area contributed by atoms with Crippen molar-refractivity contribution in [1.82, 2.24) is 4.57 Å². The van der Waals surface area contributed by atoms with Gasteiger partial charge in [-0.2, -0.15) is 0 Å². The second-order valence-corrected chi connectivity index (χ2v) is 12.5. The van der Waals surface area contributed by atoms with Gasteiger partial charge in [0.25, 0.3) is 0 Å². The minimum atomic E-state index is 1.12. The first-order valence-electron chi connectivity index (χ1n) is 15.3. The lowest BCUT2D eigenvalue weighted by Crippen LogP contribution is -2.09. The smallest absolute Gasteiger partial charge is 0.0562 e. The average molecular weight is 593 g/mol. The fourth-order valence-electron chi connectivity index (χ4n) is 6.79. The van der Waals surface area contributed by atoms with Gasteiger partial charge in [-0.1, -0.05) is 103 Å². The van der Waals surface area contributed by atoms with Crippen molar-refractivity contribution >= 4 is 70.4 Å². The maximum Gasteiger partial charge on any atom is 0.0562 e. The predicted octanol–water partition coefficient (Wildman–Crippen LogP) is 12.3. The highest BCUT2D eigenvalue weighted by Gasteiger charge is 2.20. The first kappa shape index (κ1) is 25.8. The van der Waals surface area contributed by atoms with Crippen LogP contribution in [0.15, 0.2) is 170 Å². The molecular weight excluding hydrogens is 565 g/mol. The molecule has 0 atom stereocenters. The highest BCUT2D eigenvalue weighted by atomic mass is 32.1. The van der Waals surface area contributed by atoms with Crippen LogP contribution in [-0.2, 0) is 0 Å². The highest BCUT2D eigenvalue weighted by Crippen LogP contribution is 2.44. The van der Waals surface area contributed by atoms with Crippen molar-refractivity contribution in [2.24, 2.45) is 0 Å². The van der Waals surface area contributed by atoms with Gasteiger partial charge in [0.1, 0.15) is 0 Å². The molecule has 0 N–H and O–H groups in total. The van der Waals surface area contributed by atoms with E-state index in [2.05, 4.69) is 179 Å². The van der Waals surface area contributed by atoms with Crippen LogP contribution in [0.3, 0.4) is 0 Å². The topological polar surface area (TPSA) is 8.17 Å². The Kier molecular flexibility index (Phi) is 6.03. The number of hydrogen-bond acceptors (Lipinski definition) is 2. The number of benzene rings is 7. The molecule has 0 amide bonds. The van der Waals surface area contributed by atoms with Crippen LogP contribution in [0.1, 0.15) is 0 Å². The third kappa shape index (κ3) is 4.24. The van der Waals surface area contributed by atoms with Gasteiger partial charge in [-0.05, 0) is 77.9 Å². The summed E-state index contributed by atoms with van der Waals surface area (Å²) in [5.41, 5.74) is 9.39. The quantitative estimate of drug-likeness (QED) is 0.193. The first-order chi connectivity index (χ1) is 22.3. The number of hydrogen-bond donors (Lipinski definition) is 0. The zero-order valence-electron chi connectivity index (χ0n) is 24.5. The Labute approximate surface area is 265 Å². The molecule has 0 fully saturated rings. The van der Waals surface area contributed by atoms with Gasteiger partial charge in [0.2, 0.25) is 0 Å². The molecular formula is C42H28N2S. The van der Waals surface area contributed by atoms with E-state index in [4.69, 9.17) is 0 Å². The Morgan fingerprint density at radius 2 is 1.09 bits per heavy atom. The van der Waals surface area contributed by atoms with Crippen LogP contribution in [0.25, 0.3) is 58.8 Å². The lowest BCUT2D eigenvalue weighted by molar-refractivity contribution is 1.18. The van der Waals surface area contributed by atoms with Gasteiger partial charge in [0.05, 0.1) is 11.0 Å². The standard InChI is InChI=1S/C42H28N2S/c1-4-13-29(14-5-1)34-20-12-21-38-42(34)36-25-23-33(28-39(36)44(38)31-17-8-3-9-18-31)43(30-15-6-2-7-16-30)32-24-26-41-37(27-32)35-19-10-11-22-40(35)45-41/h1-28H. The second kappa shape index (κ2) is 10.5. The predicted molar refractivity (Wildman–Crippen MR) is 194 cm³/mol. The third-order valence-electron chi connectivity index (χ3n) is 8.77. The monoisotopic (exact) mass is 592 g/mol. The van der Waals surface area contributed by atoms with Crippen molar-refractivity contribution < 1.29 is 0 Å². The first-order valence-corrected chi connectivity index (χ1v) is 16.1. The van der Waals surface area contributed by atoms with Crippen LogP contribution in [0.5, 0.6) is 0 Å². The summed E-state index contributed by atoms with van der Waals surface area (Å²) in [5, 5.41) is 5.11. The zero-order chi connectivity index (χ0) is 29.7. The number of para-hydroxylation sites is 2. The molecule has 0 saturated carbocycles. The van der Waals surface area contributed by atoms with Gasteiger partial charge in [-0.3, -0.25) is 0 Å². The molecule has 0 aliphatic rings. The van der Waals surface area contributed by atoms with E-state index in [1.807, 2.05) is 11.3 Å². The number of anilines is 3. The van der Waals surface area contributed by atoms with Crippen molar-refractivity contribution in [3.63, 3.8) is 0 Å². The van der Waals surface area contributed by atoms with Crippen LogP contribution in [0.4, 0.5) is 17.1 Å². The Balaban J connectivity index is 1.33. The molecule has 0 bridgehead atoms.